The lowest BCUT2D eigenvalue weighted by Gasteiger charge is -2.28. The molecule has 6 nitrogen and oxygen atoms in total. The number of piperazine rings is 1. The first-order chi connectivity index (χ1) is 10.7. The summed E-state index contributed by atoms with van der Waals surface area (Å²) in [5.41, 5.74) is 0. The largest absolute Gasteiger partial charge is 0.360 e. The second-order valence-electron chi connectivity index (χ2n) is 5.80. The predicted octanol–water partition coefficient (Wildman–Crippen LogP) is -1.03. The van der Waals surface area contributed by atoms with E-state index in [4.69, 9.17) is 4.52 Å². The number of quaternary nitrogens is 2. The van der Waals surface area contributed by atoms with Gasteiger partial charge in [0.1, 0.15) is 38.5 Å². The van der Waals surface area contributed by atoms with Crippen molar-refractivity contribution in [2.45, 2.75) is 13.5 Å². The Kier molecular flexibility index (Phi) is 4.87. The fourth-order valence-electron chi connectivity index (χ4n) is 2.81. The summed E-state index contributed by atoms with van der Waals surface area (Å²) in [6.45, 7) is 7.71. The van der Waals surface area contributed by atoms with E-state index in [2.05, 4.69) is 28.0 Å². The fourth-order valence-corrected chi connectivity index (χ4v) is 3.59. The number of aromatic nitrogens is 1. The van der Waals surface area contributed by atoms with E-state index in [-0.39, 0.29) is 5.91 Å². The minimum atomic E-state index is 0.00464. The highest BCUT2D eigenvalue weighted by atomic mass is 32.1. The second kappa shape index (κ2) is 7.04. The van der Waals surface area contributed by atoms with Crippen LogP contribution in [0.1, 0.15) is 10.6 Å². The van der Waals surface area contributed by atoms with E-state index in [9.17, 15) is 4.79 Å². The third-order valence-corrected chi connectivity index (χ3v) is 4.85. The van der Waals surface area contributed by atoms with Gasteiger partial charge in [0.05, 0.1) is 4.88 Å². The number of thiophene rings is 1. The van der Waals surface area contributed by atoms with Gasteiger partial charge in [-0.15, -0.1) is 11.3 Å². The first-order valence-electron chi connectivity index (χ1n) is 7.62. The maximum absolute atomic E-state index is 12.0. The van der Waals surface area contributed by atoms with Crippen LogP contribution in [-0.2, 0) is 11.3 Å². The number of nitrogens with one attached hydrogen (secondary N) is 3. The molecule has 1 saturated heterocycles. The number of hydrogen-bond acceptors (Lipinski definition) is 4. The molecular formula is C15H22N4O2S+2. The number of aryl methyl sites for hydroxylation is 1. The van der Waals surface area contributed by atoms with Crippen molar-refractivity contribution < 1.29 is 19.1 Å². The molecule has 0 aromatic carbocycles. The monoisotopic (exact) mass is 322 g/mol. The van der Waals surface area contributed by atoms with Crippen LogP contribution in [0.2, 0.25) is 0 Å². The van der Waals surface area contributed by atoms with Gasteiger partial charge in [0, 0.05) is 6.07 Å². The molecule has 118 valence electrons. The van der Waals surface area contributed by atoms with E-state index >= 15 is 0 Å². The quantitative estimate of drug-likeness (QED) is 0.659. The van der Waals surface area contributed by atoms with Crippen LogP contribution >= 0.6 is 11.3 Å². The molecule has 0 spiro atoms. The van der Waals surface area contributed by atoms with Gasteiger partial charge in [-0.25, -0.2) is 0 Å². The first-order valence-corrected chi connectivity index (χ1v) is 8.50. The van der Waals surface area contributed by atoms with Gasteiger partial charge in [0.2, 0.25) is 0 Å². The van der Waals surface area contributed by atoms with Crippen molar-refractivity contribution in [3.63, 3.8) is 0 Å². The molecule has 0 aliphatic carbocycles. The normalized spacial score (nSPS) is 21.7. The van der Waals surface area contributed by atoms with Crippen molar-refractivity contribution in [1.82, 2.24) is 5.16 Å². The van der Waals surface area contributed by atoms with Gasteiger partial charge in [0.15, 0.2) is 12.4 Å². The summed E-state index contributed by atoms with van der Waals surface area (Å²) < 4.78 is 4.95. The predicted molar refractivity (Wildman–Crippen MR) is 84.2 cm³/mol. The van der Waals surface area contributed by atoms with E-state index in [0.717, 1.165) is 32.7 Å². The Morgan fingerprint density at radius 2 is 2.14 bits per heavy atom. The molecule has 1 aliphatic heterocycles. The highest BCUT2D eigenvalue weighted by Crippen LogP contribution is 2.06. The number of carbonyl (C=O) groups excluding carboxylic acids is 1. The van der Waals surface area contributed by atoms with Gasteiger partial charge in [-0.1, -0.05) is 11.2 Å². The van der Waals surface area contributed by atoms with Gasteiger partial charge in [-0.2, -0.15) is 0 Å². The zero-order valence-corrected chi connectivity index (χ0v) is 13.5. The smallest absolute Gasteiger partial charge is 0.280 e. The average Bonchev–Trinajstić information content (AvgIpc) is 3.13. The van der Waals surface area contributed by atoms with E-state index in [1.54, 1.807) is 11.0 Å². The molecule has 7 heteroatoms. The number of anilines is 1. The summed E-state index contributed by atoms with van der Waals surface area (Å²) in [5.74, 6) is 1.21. The van der Waals surface area contributed by atoms with Crippen LogP contribution in [0.5, 0.6) is 0 Å². The summed E-state index contributed by atoms with van der Waals surface area (Å²) in [5, 5.41) is 8.70. The molecule has 0 atom stereocenters. The number of amides is 1. The third-order valence-electron chi connectivity index (χ3n) is 3.97. The fraction of sp³-hybridized carbons (Fsp3) is 0.467. The van der Waals surface area contributed by atoms with Gasteiger partial charge in [-0.05, 0) is 18.4 Å². The number of nitrogens with zero attached hydrogens (tertiary/aromatic N) is 1. The van der Waals surface area contributed by atoms with Crippen LogP contribution in [-0.4, -0.2) is 43.8 Å². The molecule has 1 fully saturated rings. The van der Waals surface area contributed by atoms with E-state index in [0.29, 0.717) is 18.1 Å². The molecule has 0 unspecified atom stereocenters. The van der Waals surface area contributed by atoms with Gasteiger partial charge in [0.25, 0.3) is 5.91 Å². The highest BCUT2D eigenvalue weighted by Gasteiger charge is 2.25. The maximum atomic E-state index is 12.0. The Balaban J connectivity index is 1.40. The van der Waals surface area contributed by atoms with Gasteiger partial charge in [-0.3, -0.25) is 4.79 Å². The van der Waals surface area contributed by atoms with Crippen molar-refractivity contribution in [1.29, 1.82) is 0 Å². The molecule has 3 heterocycles. The Morgan fingerprint density at radius 3 is 2.77 bits per heavy atom. The zero-order chi connectivity index (χ0) is 15.4. The molecule has 22 heavy (non-hydrogen) atoms. The summed E-state index contributed by atoms with van der Waals surface area (Å²) in [6.07, 6.45) is 0. The summed E-state index contributed by atoms with van der Waals surface area (Å²) in [6, 6.07) is 6.04. The van der Waals surface area contributed by atoms with Crippen molar-refractivity contribution in [3.8, 4) is 0 Å². The molecule has 1 aliphatic rings. The van der Waals surface area contributed by atoms with Gasteiger partial charge >= 0.3 is 0 Å². The Hall–Kier alpha value is -1.70. The minimum Gasteiger partial charge on any atom is -0.360 e. The number of rotatable bonds is 5. The van der Waals surface area contributed by atoms with Crippen LogP contribution in [0.25, 0.3) is 0 Å². The molecule has 3 N–H and O–H groups in total. The van der Waals surface area contributed by atoms with E-state index in [1.165, 1.54) is 9.78 Å². The van der Waals surface area contributed by atoms with Crippen molar-refractivity contribution in [2.75, 3.05) is 38.0 Å². The lowest BCUT2D eigenvalue weighted by atomic mass is 10.3. The van der Waals surface area contributed by atoms with E-state index in [1.807, 2.05) is 18.3 Å². The molecule has 2 aromatic rings. The third kappa shape index (κ3) is 4.16. The van der Waals surface area contributed by atoms with Crippen LogP contribution in [0, 0.1) is 6.92 Å². The molecule has 0 bridgehead atoms. The van der Waals surface area contributed by atoms with Crippen molar-refractivity contribution in [3.05, 3.63) is 34.2 Å². The van der Waals surface area contributed by atoms with E-state index < -0.39 is 0 Å². The summed E-state index contributed by atoms with van der Waals surface area (Å²) in [7, 11) is 0. The minimum absolute atomic E-state index is 0.00464. The Labute approximate surface area is 133 Å². The van der Waals surface area contributed by atoms with Gasteiger partial charge < -0.3 is 19.6 Å². The SMILES string of the molecule is Cc1cc(NC(=O)C[NH+]2CC[NH+](Cc3cccs3)CC2)no1. The first kappa shape index (κ1) is 15.2. The Bertz CT molecular complexity index is 603. The topological polar surface area (TPSA) is 64.0 Å². The van der Waals surface area contributed by atoms with Crippen LogP contribution in [0.15, 0.2) is 28.1 Å². The average molecular weight is 322 g/mol. The van der Waals surface area contributed by atoms with Crippen LogP contribution in [0.3, 0.4) is 0 Å². The van der Waals surface area contributed by atoms with Crippen molar-refractivity contribution >= 4 is 23.1 Å². The van der Waals surface area contributed by atoms with Crippen LogP contribution < -0.4 is 15.1 Å². The molecule has 1 amide bonds. The molecular weight excluding hydrogens is 300 g/mol. The highest BCUT2D eigenvalue weighted by molar-refractivity contribution is 7.09. The molecule has 0 saturated carbocycles. The van der Waals surface area contributed by atoms with Crippen molar-refractivity contribution in [2.24, 2.45) is 0 Å². The summed E-state index contributed by atoms with van der Waals surface area (Å²) in [4.78, 5) is 16.4. The second-order valence-corrected chi connectivity index (χ2v) is 6.84. The standard InChI is InChI=1S/C15H20N4O2S/c1-12-9-14(17-21-12)16-15(20)11-19-6-4-18(5-7-19)10-13-3-2-8-22-13/h2-3,8-9H,4-7,10-11H2,1H3,(H,16,17,20)/p+2. The lowest BCUT2D eigenvalue weighted by Crippen LogP contribution is -3.28. The zero-order valence-electron chi connectivity index (χ0n) is 12.7. The summed E-state index contributed by atoms with van der Waals surface area (Å²) >= 11 is 1.82. The maximum Gasteiger partial charge on any atom is 0.280 e. The van der Waals surface area contributed by atoms with Crippen LogP contribution in [0.4, 0.5) is 5.82 Å². The molecule has 0 radical (unpaired) electrons. The Morgan fingerprint density at radius 1 is 1.36 bits per heavy atom. The lowest BCUT2D eigenvalue weighted by molar-refractivity contribution is -1.01. The number of carbonyl (C=O) groups is 1. The molecule has 2 aromatic heterocycles. The molecule has 3 rings (SSSR count). The number of hydrogen-bond donors (Lipinski definition) is 3.